The van der Waals surface area contributed by atoms with E-state index in [-0.39, 0.29) is 5.78 Å². The molecule has 1 aromatic carbocycles. The number of nitrogens with zero attached hydrogens (tertiary/aromatic N) is 1. The standard InChI is InChI=1S/C12H15NO2.CH2O/c1-10(14)11-2-4-12(5-3-11)13-6-8-15-9-7-13;1-2/h2-5H,6-9H2,1H3;1H2. The summed E-state index contributed by atoms with van der Waals surface area (Å²) in [7, 11) is 0. The van der Waals surface area contributed by atoms with Crippen molar-refractivity contribution >= 4 is 18.3 Å². The van der Waals surface area contributed by atoms with Crippen molar-refractivity contribution in [2.75, 3.05) is 31.2 Å². The predicted molar refractivity (Wildman–Crippen MR) is 66.6 cm³/mol. The first-order valence-corrected chi connectivity index (χ1v) is 5.50. The molecular weight excluding hydrogens is 218 g/mol. The smallest absolute Gasteiger partial charge is 0.159 e. The minimum Gasteiger partial charge on any atom is -0.378 e. The molecule has 4 heteroatoms. The molecule has 4 nitrogen and oxygen atoms in total. The second kappa shape index (κ2) is 6.81. The number of hydrogen-bond acceptors (Lipinski definition) is 4. The second-order valence-corrected chi connectivity index (χ2v) is 3.70. The van der Waals surface area contributed by atoms with E-state index in [2.05, 4.69) is 4.90 Å². The van der Waals surface area contributed by atoms with Crippen molar-refractivity contribution in [3.63, 3.8) is 0 Å². The third-order valence-electron chi connectivity index (χ3n) is 2.65. The molecule has 0 amide bonds. The van der Waals surface area contributed by atoms with Crippen LogP contribution in [-0.4, -0.2) is 38.9 Å². The van der Waals surface area contributed by atoms with Crippen molar-refractivity contribution in [2.24, 2.45) is 0 Å². The molecule has 0 atom stereocenters. The van der Waals surface area contributed by atoms with Crippen molar-refractivity contribution in [3.05, 3.63) is 29.8 Å². The molecule has 0 saturated carbocycles. The van der Waals surface area contributed by atoms with Crippen LogP contribution in [0.5, 0.6) is 0 Å². The van der Waals surface area contributed by atoms with Crippen LogP contribution in [0, 0.1) is 0 Å². The number of carbonyl (C=O) groups excluding carboxylic acids is 2. The van der Waals surface area contributed by atoms with Crippen molar-refractivity contribution in [3.8, 4) is 0 Å². The van der Waals surface area contributed by atoms with Crippen molar-refractivity contribution in [2.45, 2.75) is 6.92 Å². The van der Waals surface area contributed by atoms with Gasteiger partial charge in [0.15, 0.2) is 5.78 Å². The van der Waals surface area contributed by atoms with Gasteiger partial charge in [-0.2, -0.15) is 0 Å². The highest BCUT2D eigenvalue weighted by molar-refractivity contribution is 5.94. The molecule has 17 heavy (non-hydrogen) atoms. The van der Waals surface area contributed by atoms with Gasteiger partial charge in [-0.3, -0.25) is 4.79 Å². The van der Waals surface area contributed by atoms with Gasteiger partial charge < -0.3 is 14.4 Å². The Kier molecular flexibility index (Phi) is 5.36. The third-order valence-corrected chi connectivity index (χ3v) is 2.65. The van der Waals surface area contributed by atoms with Crippen LogP contribution in [0.1, 0.15) is 17.3 Å². The zero-order valence-electron chi connectivity index (χ0n) is 10.0. The highest BCUT2D eigenvalue weighted by atomic mass is 16.5. The number of hydrogen-bond donors (Lipinski definition) is 0. The first-order chi connectivity index (χ1) is 8.27. The molecule has 0 radical (unpaired) electrons. The summed E-state index contributed by atoms with van der Waals surface area (Å²) in [5.41, 5.74) is 1.94. The lowest BCUT2D eigenvalue weighted by Gasteiger charge is -2.28. The van der Waals surface area contributed by atoms with Gasteiger partial charge in [-0.05, 0) is 31.2 Å². The molecule has 0 spiro atoms. The molecule has 0 N–H and O–H groups in total. The van der Waals surface area contributed by atoms with E-state index >= 15 is 0 Å². The Morgan fingerprint density at radius 1 is 1.18 bits per heavy atom. The van der Waals surface area contributed by atoms with Gasteiger partial charge in [0.05, 0.1) is 13.2 Å². The van der Waals surface area contributed by atoms with E-state index in [9.17, 15) is 4.79 Å². The van der Waals surface area contributed by atoms with E-state index < -0.39 is 0 Å². The van der Waals surface area contributed by atoms with E-state index in [0.29, 0.717) is 0 Å². The molecule has 1 aliphatic heterocycles. The topological polar surface area (TPSA) is 46.6 Å². The van der Waals surface area contributed by atoms with Gasteiger partial charge >= 0.3 is 0 Å². The van der Waals surface area contributed by atoms with E-state index in [1.807, 2.05) is 31.1 Å². The zero-order chi connectivity index (χ0) is 12.7. The fourth-order valence-corrected chi connectivity index (χ4v) is 1.73. The van der Waals surface area contributed by atoms with E-state index in [1.54, 1.807) is 6.92 Å². The molecule has 1 aromatic rings. The molecular formula is C13H17NO3. The summed E-state index contributed by atoms with van der Waals surface area (Å²) in [5, 5.41) is 0. The Morgan fingerprint density at radius 2 is 1.71 bits per heavy atom. The summed E-state index contributed by atoms with van der Waals surface area (Å²) in [6.45, 7) is 7.02. The van der Waals surface area contributed by atoms with Crippen LogP contribution in [0.3, 0.4) is 0 Å². The second-order valence-electron chi connectivity index (χ2n) is 3.70. The monoisotopic (exact) mass is 235 g/mol. The molecule has 92 valence electrons. The summed E-state index contributed by atoms with van der Waals surface area (Å²) in [4.78, 5) is 21.4. The van der Waals surface area contributed by atoms with Gasteiger partial charge in [0.25, 0.3) is 0 Å². The Hall–Kier alpha value is -1.68. The summed E-state index contributed by atoms with van der Waals surface area (Å²) in [5.74, 6) is 0.114. The summed E-state index contributed by atoms with van der Waals surface area (Å²) >= 11 is 0. The molecule has 0 aromatic heterocycles. The summed E-state index contributed by atoms with van der Waals surface area (Å²) in [6, 6.07) is 7.77. The molecule has 0 unspecified atom stereocenters. The van der Waals surface area contributed by atoms with Crippen LogP contribution in [0.4, 0.5) is 5.69 Å². The van der Waals surface area contributed by atoms with Crippen molar-refractivity contribution in [1.29, 1.82) is 0 Å². The van der Waals surface area contributed by atoms with Gasteiger partial charge in [-0.25, -0.2) is 0 Å². The fourth-order valence-electron chi connectivity index (χ4n) is 1.73. The SMILES string of the molecule is C=O.CC(=O)c1ccc(N2CCOCC2)cc1. The highest BCUT2D eigenvalue weighted by Crippen LogP contribution is 2.16. The van der Waals surface area contributed by atoms with Crippen molar-refractivity contribution in [1.82, 2.24) is 0 Å². The minimum atomic E-state index is 0.114. The minimum absolute atomic E-state index is 0.114. The number of morpholine rings is 1. The average Bonchev–Trinajstić information content (AvgIpc) is 2.42. The van der Waals surface area contributed by atoms with E-state index in [0.717, 1.165) is 31.9 Å². The van der Waals surface area contributed by atoms with Crippen molar-refractivity contribution < 1.29 is 14.3 Å². The molecule has 1 heterocycles. The van der Waals surface area contributed by atoms with Gasteiger partial charge in [-0.15, -0.1) is 0 Å². The van der Waals surface area contributed by atoms with Crippen LogP contribution in [-0.2, 0) is 9.53 Å². The fraction of sp³-hybridized carbons (Fsp3) is 0.385. The molecule has 0 bridgehead atoms. The Morgan fingerprint density at radius 3 is 2.18 bits per heavy atom. The van der Waals surface area contributed by atoms with E-state index in [4.69, 9.17) is 9.53 Å². The normalized spacial score (nSPS) is 14.8. The van der Waals surface area contributed by atoms with Crippen LogP contribution in [0.2, 0.25) is 0 Å². The lowest BCUT2D eigenvalue weighted by molar-refractivity contribution is -0.0979. The van der Waals surface area contributed by atoms with Gasteiger partial charge in [0.2, 0.25) is 0 Å². The van der Waals surface area contributed by atoms with E-state index in [1.165, 1.54) is 5.69 Å². The first-order valence-electron chi connectivity index (χ1n) is 5.50. The number of rotatable bonds is 2. The third kappa shape index (κ3) is 3.67. The Bertz CT molecular complexity index is 355. The van der Waals surface area contributed by atoms with Crippen LogP contribution in [0.25, 0.3) is 0 Å². The average molecular weight is 235 g/mol. The number of anilines is 1. The Balaban J connectivity index is 0.000000686. The summed E-state index contributed by atoms with van der Waals surface area (Å²) in [6.07, 6.45) is 0. The molecule has 1 aliphatic rings. The summed E-state index contributed by atoms with van der Waals surface area (Å²) < 4.78 is 5.29. The first kappa shape index (κ1) is 13.4. The van der Waals surface area contributed by atoms with Crippen LogP contribution < -0.4 is 4.90 Å². The maximum atomic E-state index is 11.1. The lowest BCUT2D eigenvalue weighted by atomic mass is 10.1. The number of Topliss-reactive ketones (excluding diaryl/α,β-unsaturated/α-hetero) is 1. The number of ether oxygens (including phenoxy) is 1. The lowest BCUT2D eigenvalue weighted by Crippen LogP contribution is -2.36. The van der Waals surface area contributed by atoms with Gasteiger partial charge in [0.1, 0.15) is 6.79 Å². The zero-order valence-corrected chi connectivity index (χ0v) is 10.0. The molecule has 0 aliphatic carbocycles. The number of carbonyl (C=O) groups is 2. The molecule has 1 saturated heterocycles. The maximum Gasteiger partial charge on any atom is 0.159 e. The molecule has 2 rings (SSSR count). The quantitative estimate of drug-likeness (QED) is 0.729. The molecule has 1 fully saturated rings. The van der Waals surface area contributed by atoms with Gasteiger partial charge in [-0.1, -0.05) is 0 Å². The predicted octanol–water partition coefficient (Wildman–Crippen LogP) is 1.54. The number of benzene rings is 1. The maximum absolute atomic E-state index is 11.1. The Labute approximate surface area is 101 Å². The number of ketones is 1. The highest BCUT2D eigenvalue weighted by Gasteiger charge is 2.10. The largest absolute Gasteiger partial charge is 0.378 e. The van der Waals surface area contributed by atoms with Gasteiger partial charge in [0, 0.05) is 24.3 Å². The van der Waals surface area contributed by atoms with Crippen LogP contribution in [0.15, 0.2) is 24.3 Å². The van der Waals surface area contributed by atoms with Crippen LogP contribution >= 0.6 is 0 Å².